The van der Waals surface area contributed by atoms with Crippen LogP contribution in [-0.4, -0.2) is 38.8 Å². The van der Waals surface area contributed by atoms with Crippen LogP contribution < -0.4 is 0 Å². The molecule has 25 heavy (non-hydrogen) atoms. The number of likely N-dealkylation sites (tertiary alicyclic amines) is 1. The number of hydrogen-bond acceptors (Lipinski definition) is 4. The summed E-state index contributed by atoms with van der Waals surface area (Å²) in [5.41, 5.74) is 2.36. The summed E-state index contributed by atoms with van der Waals surface area (Å²) in [5.74, 6) is 0.139. The second-order valence-electron chi connectivity index (χ2n) is 6.01. The second-order valence-corrected chi connectivity index (χ2v) is 7.54. The van der Waals surface area contributed by atoms with Gasteiger partial charge in [-0.2, -0.15) is 0 Å². The molecule has 3 heterocycles. The first-order valence-corrected chi connectivity index (χ1v) is 9.48. The number of hydrogen-bond donors (Lipinski definition) is 1. The minimum atomic E-state index is -0.324. The highest BCUT2D eigenvalue weighted by Gasteiger charge is 2.29. The Morgan fingerprint density at radius 2 is 2.00 bits per heavy atom. The number of nitrogens with one attached hydrogen (secondary N) is 1. The summed E-state index contributed by atoms with van der Waals surface area (Å²) in [5, 5.41) is 0.905. The molecule has 128 valence electrons. The molecule has 1 atom stereocenters. The zero-order valence-corrected chi connectivity index (χ0v) is 15.1. The molecule has 0 aliphatic carbocycles. The third kappa shape index (κ3) is 3.50. The van der Waals surface area contributed by atoms with Crippen LogP contribution in [0.2, 0.25) is 5.02 Å². The molecular formula is C18H17ClN4OS. The lowest BCUT2D eigenvalue weighted by molar-refractivity contribution is -0.129. The lowest BCUT2D eigenvalue weighted by Gasteiger charge is -2.22. The largest absolute Gasteiger partial charge is 0.341 e. The zero-order valence-electron chi connectivity index (χ0n) is 13.5. The molecule has 2 aromatic heterocycles. The van der Waals surface area contributed by atoms with Gasteiger partial charge in [-0.3, -0.25) is 4.79 Å². The first kappa shape index (κ1) is 16.4. The molecule has 3 aromatic rings. The number of H-pyrrole nitrogens is 1. The molecule has 1 saturated heterocycles. The van der Waals surface area contributed by atoms with E-state index in [1.54, 1.807) is 12.3 Å². The number of imidazole rings is 1. The molecular weight excluding hydrogens is 356 g/mol. The van der Waals surface area contributed by atoms with E-state index < -0.39 is 0 Å². The number of pyridine rings is 1. The number of carbonyl (C=O) groups excluding carboxylic acids is 1. The van der Waals surface area contributed by atoms with E-state index >= 15 is 0 Å². The van der Waals surface area contributed by atoms with Crippen LogP contribution in [0.4, 0.5) is 0 Å². The summed E-state index contributed by atoms with van der Waals surface area (Å²) in [7, 11) is 0. The fourth-order valence-electron chi connectivity index (χ4n) is 3.01. The van der Waals surface area contributed by atoms with Gasteiger partial charge in [0, 0.05) is 19.3 Å². The van der Waals surface area contributed by atoms with Crippen molar-refractivity contribution < 1.29 is 4.79 Å². The molecule has 0 unspecified atom stereocenters. The van der Waals surface area contributed by atoms with Gasteiger partial charge >= 0.3 is 0 Å². The molecule has 4 rings (SSSR count). The fourth-order valence-corrected chi connectivity index (χ4v) is 4.24. The summed E-state index contributed by atoms with van der Waals surface area (Å²) in [4.78, 5) is 26.9. The minimum Gasteiger partial charge on any atom is -0.341 e. The van der Waals surface area contributed by atoms with Gasteiger partial charge < -0.3 is 9.88 Å². The highest BCUT2D eigenvalue weighted by molar-refractivity contribution is 8.00. The van der Waals surface area contributed by atoms with E-state index in [-0.39, 0.29) is 11.2 Å². The van der Waals surface area contributed by atoms with Gasteiger partial charge in [0.15, 0.2) is 10.8 Å². The van der Waals surface area contributed by atoms with Crippen molar-refractivity contribution in [2.45, 2.75) is 23.2 Å². The average Bonchev–Trinajstić information content (AvgIpc) is 3.29. The maximum absolute atomic E-state index is 13.0. The van der Waals surface area contributed by atoms with Gasteiger partial charge in [0.25, 0.3) is 0 Å². The van der Waals surface area contributed by atoms with Crippen molar-refractivity contribution in [3.8, 4) is 0 Å². The van der Waals surface area contributed by atoms with E-state index in [4.69, 9.17) is 11.6 Å². The molecule has 0 spiro atoms. The summed E-state index contributed by atoms with van der Waals surface area (Å²) in [6.45, 7) is 1.67. The Kier molecular flexibility index (Phi) is 4.63. The predicted molar refractivity (Wildman–Crippen MR) is 99.8 cm³/mol. The third-order valence-corrected chi connectivity index (χ3v) is 5.59. The van der Waals surface area contributed by atoms with Gasteiger partial charge in [-0.1, -0.05) is 53.7 Å². The SMILES string of the molecule is O=C([C@@H](Sc1nc2ncc(Cl)cc2[nH]1)c1ccccc1)N1CCCC1. The number of amides is 1. The Hall–Kier alpha value is -2.05. The number of fused-ring (bicyclic) bond motifs is 1. The fraction of sp³-hybridized carbons (Fsp3) is 0.278. The maximum atomic E-state index is 13.0. The summed E-state index contributed by atoms with van der Waals surface area (Å²) in [6.07, 6.45) is 3.72. The first-order chi connectivity index (χ1) is 12.2. The van der Waals surface area contributed by atoms with Crippen molar-refractivity contribution in [3.63, 3.8) is 0 Å². The van der Waals surface area contributed by atoms with Crippen molar-refractivity contribution in [2.75, 3.05) is 13.1 Å². The third-order valence-electron chi connectivity index (χ3n) is 4.26. The van der Waals surface area contributed by atoms with Crippen LogP contribution in [0.25, 0.3) is 11.2 Å². The van der Waals surface area contributed by atoms with E-state index in [9.17, 15) is 4.79 Å². The van der Waals surface area contributed by atoms with Crippen molar-refractivity contribution in [1.29, 1.82) is 0 Å². The van der Waals surface area contributed by atoms with E-state index in [2.05, 4.69) is 15.0 Å². The second kappa shape index (κ2) is 7.06. The topological polar surface area (TPSA) is 61.9 Å². The molecule has 1 aliphatic heterocycles. The molecule has 7 heteroatoms. The van der Waals surface area contributed by atoms with E-state index in [0.717, 1.165) is 37.0 Å². The smallest absolute Gasteiger partial charge is 0.240 e. The lowest BCUT2D eigenvalue weighted by Crippen LogP contribution is -2.31. The van der Waals surface area contributed by atoms with Crippen LogP contribution in [0.15, 0.2) is 47.8 Å². The Bertz CT molecular complexity index is 892. The van der Waals surface area contributed by atoms with Crippen LogP contribution in [0.5, 0.6) is 0 Å². The molecule has 5 nitrogen and oxygen atoms in total. The van der Waals surface area contributed by atoms with Crippen molar-refractivity contribution in [1.82, 2.24) is 19.9 Å². The minimum absolute atomic E-state index is 0.139. The van der Waals surface area contributed by atoms with Gasteiger partial charge in [-0.05, 0) is 24.5 Å². The van der Waals surface area contributed by atoms with Crippen LogP contribution in [0, 0.1) is 0 Å². The van der Waals surface area contributed by atoms with Gasteiger partial charge in [0.05, 0.1) is 10.5 Å². The van der Waals surface area contributed by atoms with Crippen LogP contribution in [0.1, 0.15) is 23.7 Å². The number of thioether (sulfide) groups is 1. The molecule has 0 saturated carbocycles. The summed E-state index contributed by atoms with van der Waals surface area (Å²) in [6, 6.07) is 11.6. The number of aromatic nitrogens is 3. The molecule has 0 bridgehead atoms. The van der Waals surface area contributed by atoms with Crippen LogP contribution >= 0.6 is 23.4 Å². The Morgan fingerprint density at radius 3 is 2.76 bits per heavy atom. The predicted octanol–water partition coefficient (Wildman–Crippen LogP) is 4.07. The van der Waals surface area contributed by atoms with Gasteiger partial charge in [-0.25, -0.2) is 9.97 Å². The van der Waals surface area contributed by atoms with Crippen molar-refractivity contribution in [2.24, 2.45) is 0 Å². The highest BCUT2D eigenvalue weighted by atomic mass is 35.5. The molecule has 1 N–H and O–H groups in total. The van der Waals surface area contributed by atoms with Crippen molar-refractivity contribution in [3.05, 3.63) is 53.2 Å². The number of halogens is 1. The number of benzene rings is 1. The summed E-state index contributed by atoms with van der Waals surface area (Å²) >= 11 is 7.42. The van der Waals surface area contributed by atoms with E-state index in [0.29, 0.717) is 15.8 Å². The molecule has 1 aromatic carbocycles. The average molecular weight is 373 g/mol. The molecule has 0 radical (unpaired) electrons. The van der Waals surface area contributed by atoms with Gasteiger partial charge in [-0.15, -0.1) is 0 Å². The molecule has 1 amide bonds. The van der Waals surface area contributed by atoms with Crippen molar-refractivity contribution >= 4 is 40.4 Å². The van der Waals surface area contributed by atoms with E-state index in [1.165, 1.54) is 11.8 Å². The normalized spacial score (nSPS) is 15.6. The Balaban J connectivity index is 1.66. The molecule has 1 aliphatic rings. The standard InChI is InChI=1S/C18H17ClN4OS/c19-13-10-14-16(20-11-13)22-18(21-14)25-15(12-6-2-1-3-7-12)17(24)23-8-4-5-9-23/h1-3,6-7,10-11,15H,4-5,8-9H2,(H,20,21,22)/t15-/m0/s1. The zero-order chi connectivity index (χ0) is 17.2. The number of rotatable bonds is 4. The quantitative estimate of drug-likeness (QED) is 0.701. The Morgan fingerprint density at radius 1 is 1.24 bits per heavy atom. The first-order valence-electron chi connectivity index (χ1n) is 8.22. The van der Waals surface area contributed by atoms with E-state index in [1.807, 2.05) is 35.2 Å². The van der Waals surface area contributed by atoms with Crippen LogP contribution in [-0.2, 0) is 4.79 Å². The Labute approximate surface area is 154 Å². The monoisotopic (exact) mass is 372 g/mol. The summed E-state index contributed by atoms with van der Waals surface area (Å²) < 4.78 is 0. The molecule has 1 fully saturated rings. The number of aromatic amines is 1. The van der Waals surface area contributed by atoms with Gasteiger partial charge in [0.1, 0.15) is 5.25 Å². The lowest BCUT2D eigenvalue weighted by atomic mass is 10.1. The maximum Gasteiger partial charge on any atom is 0.240 e. The highest BCUT2D eigenvalue weighted by Crippen LogP contribution is 2.36. The number of carbonyl (C=O) groups is 1. The number of nitrogens with zero attached hydrogens (tertiary/aromatic N) is 3. The van der Waals surface area contributed by atoms with Gasteiger partial charge in [0.2, 0.25) is 5.91 Å². The van der Waals surface area contributed by atoms with Crippen LogP contribution in [0.3, 0.4) is 0 Å².